The van der Waals surface area contributed by atoms with Crippen LogP contribution in [0.25, 0.3) is 21.7 Å². The lowest BCUT2D eigenvalue weighted by Gasteiger charge is -2.11. The molecule has 0 fully saturated rings. The van der Waals surface area contributed by atoms with Crippen LogP contribution in [0.5, 0.6) is 0 Å². The number of thiocarbonyl (C=S) groups is 1. The van der Waals surface area contributed by atoms with Crippen LogP contribution in [0.15, 0.2) is 95.5 Å². The molecule has 2 aromatic heterocycles. The van der Waals surface area contributed by atoms with Crippen LogP contribution < -0.4 is 16.0 Å². The van der Waals surface area contributed by atoms with Gasteiger partial charge < -0.3 is 20.4 Å². The molecule has 0 saturated heterocycles. The van der Waals surface area contributed by atoms with E-state index < -0.39 is 0 Å². The van der Waals surface area contributed by atoms with Crippen molar-refractivity contribution in [3.8, 4) is 0 Å². The van der Waals surface area contributed by atoms with Gasteiger partial charge in [-0.05, 0) is 60.1 Å². The van der Waals surface area contributed by atoms with Gasteiger partial charge in [-0.3, -0.25) is 9.78 Å². The summed E-state index contributed by atoms with van der Waals surface area (Å²) >= 11 is 5.39. The summed E-state index contributed by atoms with van der Waals surface area (Å²) in [6, 6.07) is 27.0. The lowest BCUT2D eigenvalue weighted by Crippen LogP contribution is -2.30. The topological polar surface area (TPSA) is 79.2 Å². The summed E-state index contributed by atoms with van der Waals surface area (Å²) in [5.74, 6) is 0.659. The molecule has 3 N–H and O–H groups in total. The minimum Gasteiger partial charge on any atom is -0.461 e. The zero-order chi connectivity index (χ0) is 23.3. The zero-order valence-electron chi connectivity index (χ0n) is 18.2. The van der Waals surface area contributed by atoms with Gasteiger partial charge in [0, 0.05) is 41.3 Å². The molecule has 168 valence electrons. The number of aromatic nitrogens is 1. The fourth-order valence-corrected chi connectivity index (χ4v) is 3.89. The lowest BCUT2D eigenvalue weighted by atomic mass is 10.1. The Morgan fingerprint density at radius 2 is 1.50 bits per heavy atom. The second-order valence-corrected chi connectivity index (χ2v) is 8.24. The fourth-order valence-electron chi connectivity index (χ4n) is 3.67. The van der Waals surface area contributed by atoms with E-state index >= 15 is 0 Å². The van der Waals surface area contributed by atoms with Crippen molar-refractivity contribution in [1.29, 1.82) is 0 Å². The largest absolute Gasteiger partial charge is 0.461 e. The third-order valence-electron chi connectivity index (χ3n) is 5.40. The quantitative estimate of drug-likeness (QED) is 0.276. The maximum Gasteiger partial charge on any atom is 0.274 e. The zero-order valence-corrected chi connectivity index (χ0v) is 19.1. The standard InChI is InChI=1S/C27H22N4O2S/c32-26(24-16-18-5-1-2-7-20(18)17-29-24)30-21-9-11-22(12-10-21)31-27(34)28-14-13-23-15-19-6-3-4-8-25(19)33-23/h1-12,15-17H,13-14H2,(H,30,32)(H2,28,31,34). The Hall–Kier alpha value is -4.23. The summed E-state index contributed by atoms with van der Waals surface area (Å²) in [4.78, 5) is 16.9. The van der Waals surface area contributed by atoms with Gasteiger partial charge in [-0.15, -0.1) is 0 Å². The molecule has 0 radical (unpaired) electrons. The van der Waals surface area contributed by atoms with Gasteiger partial charge in [-0.1, -0.05) is 42.5 Å². The van der Waals surface area contributed by atoms with Crippen LogP contribution in [0.1, 0.15) is 16.2 Å². The number of benzene rings is 3. The number of hydrogen-bond acceptors (Lipinski definition) is 4. The van der Waals surface area contributed by atoms with Gasteiger partial charge in [0.1, 0.15) is 17.0 Å². The molecule has 0 atom stereocenters. The monoisotopic (exact) mass is 466 g/mol. The van der Waals surface area contributed by atoms with Crippen LogP contribution in [-0.4, -0.2) is 22.5 Å². The van der Waals surface area contributed by atoms with Crippen molar-refractivity contribution in [3.63, 3.8) is 0 Å². The molecule has 5 aromatic rings. The van der Waals surface area contributed by atoms with Crippen LogP contribution >= 0.6 is 12.2 Å². The molecule has 34 heavy (non-hydrogen) atoms. The summed E-state index contributed by atoms with van der Waals surface area (Å²) in [5.41, 5.74) is 2.76. The minimum atomic E-state index is -0.255. The number of rotatable bonds is 6. The number of carbonyl (C=O) groups is 1. The number of furan rings is 1. The molecule has 0 aliphatic rings. The Labute approximate surface area is 202 Å². The Balaban J connectivity index is 1.12. The van der Waals surface area contributed by atoms with Crippen LogP contribution in [0.4, 0.5) is 11.4 Å². The SMILES string of the molecule is O=C(Nc1ccc(NC(=S)NCCc2cc3ccccc3o2)cc1)c1cc2ccccc2cn1. The summed E-state index contributed by atoms with van der Waals surface area (Å²) in [7, 11) is 0. The third kappa shape index (κ3) is 5.05. The predicted molar refractivity (Wildman–Crippen MR) is 140 cm³/mol. The van der Waals surface area contributed by atoms with Crippen molar-refractivity contribution in [2.24, 2.45) is 0 Å². The highest BCUT2D eigenvalue weighted by Gasteiger charge is 2.09. The van der Waals surface area contributed by atoms with Gasteiger partial charge >= 0.3 is 0 Å². The van der Waals surface area contributed by atoms with E-state index in [1.807, 2.05) is 78.9 Å². The predicted octanol–water partition coefficient (Wildman–Crippen LogP) is 5.76. The van der Waals surface area contributed by atoms with Crippen molar-refractivity contribution >= 4 is 56.4 Å². The normalized spacial score (nSPS) is 10.8. The Bertz CT molecular complexity index is 1440. The minimum absolute atomic E-state index is 0.255. The van der Waals surface area contributed by atoms with Gasteiger partial charge in [0.2, 0.25) is 0 Å². The number of nitrogens with zero attached hydrogens (tertiary/aromatic N) is 1. The van der Waals surface area contributed by atoms with Crippen LogP contribution in [-0.2, 0) is 6.42 Å². The first kappa shape index (κ1) is 21.6. The summed E-state index contributed by atoms with van der Waals surface area (Å²) in [6.45, 7) is 0.651. The van der Waals surface area contributed by atoms with Crippen molar-refractivity contribution in [1.82, 2.24) is 10.3 Å². The van der Waals surface area contributed by atoms with Crippen molar-refractivity contribution in [2.75, 3.05) is 17.2 Å². The number of hydrogen-bond donors (Lipinski definition) is 3. The molecular formula is C27H22N4O2S. The average Bonchev–Trinajstić information content (AvgIpc) is 3.28. The second-order valence-electron chi connectivity index (χ2n) is 7.83. The van der Waals surface area contributed by atoms with Gasteiger partial charge in [0.05, 0.1) is 0 Å². The molecule has 1 amide bonds. The molecule has 0 aliphatic heterocycles. The summed E-state index contributed by atoms with van der Waals surface area (Å²) in [5, 5.41) is 12.8. The number of pyridine rings is 1. The highest BCUT2D eigenvalue weighted by Crippen LogP contribution is 2.19. The molecule has 2 heterocycles. The van der Waals surface area contributed by atoms with Crippen molar-refractivity contribution in [2.45, 2.75) is 6.42 Å². The molecule has 0 aliphatic carbocycles. The number of nitrogens with one attached hydrogen (secondary N) is 3. The molecule has 0 saturated carbocycles. The number of fused-ring (bicyclic) bond motifs is 2. The number of amides is 1. The third-order valence-corrected chi connectivity index (χ3v) is 5.64. The van der Waals surface area contributed by atoms with Gasteiger partial charge in [0.15, 0.2) is 5.11 Å². The lowest BCUT2D eigenvalue weighted by molar-refractivity contribution is 0.102. The van der Waals surface area contributed by atoms with E-state index in [-0.39, 0.29) is 5.91 Å². The van der Waals surface area contributed by atoms with Gasteiger partial charge in [-0.25, -0.2) is 0 Å². The maximum atomic E-state index is 12.6. The molecule has 7 heteroatoms. The van der Waals surface area contributed by atoms with Gasteiger partial charge in [-0.2, -0.15) is 0 Å². The van der Waals surface area contributed by atoms with E-state index in [1.54, 1.807) is 12.3 Å². The molecule has 0 unspecified atom stereocenters. The molecular weight excluding hydrogens is 444 g/mol. The Morgan fingerprint density at radius 1 is 0.824 bits per heavy atom. The number of anilines is 2. The van der Waals surface area contributed by atoms with Crippen molar-refractivity contribution < 1.29 is 9.21 Å². The van der Waals surface area contributed by atoms with E-state index in [0.29, 0.717) is 23.0 Å². The Kier molecular flexibility index (Phi) is 6.18. The summed E-state index contributed by atoms with van der Waals surface area (Å²) in [6.07, 6.45) is 2.43. The van der Waals surface area contributed by atoms with Crippen LogP contribution in [0.2, 0.25) is 0 Å². The van der Waals surface area contributed by atoms with Crippen molar-refractivity contribution in [3.05, 3.63) is 103 Å². The smallest absolute Gasteiger partial charge is 0.274 e. The number of para-hydroxylation sites is 1. The summed E-state index contributed by atoms with van der Waals surface area (Å²) < 4.78 is 5.82. The first-order valence-corrected chi connectivity index (χ1v) is 11.3. The first-order valence-electron chi connectivity index (χ1n) is 10.9. The average molecular weight is 467 g/mol. The highest BCUT2D eigenvalue weighted by atomic mass is 32.1. The maximum absolute atomic E-state index is 12.6. The van der Waals surface area contributed by atoms with Crippen LogP contribution in [0.3, 0.4) is 0 Å². The van der Waals surface area contributed by atoms with E-state index in [2.05, 4.69) is 20.9 Å². The van der Waals surface area contributed by atoms with Crippen LogP contribution in [0, 0.1) is 0 Å². The molecule has 0 spiro atoms. The molecule has 3 aromatic carbocycles. The molecule has 6 nitrogen and oxygen atoms in total. The Morgan fingerprint density at radius 3 is 2.26 bits per heavy atom. The van der Waals surface area contributed by atoms with E-state index in [1.165, 1.54) is 0 Å². The first-order chi connectivity index (χ1) is 16.6. The molecule has 0 bridgehead atoms. The van der Waals surface area contributed by atoms with E-state index in [0.717, 1.165) is 39.6 Å². The van der Waals surface area contributed by atoms with E-state index in [4.69, 9.17) is 16.6 Å². The fraction of sp³-hybridized carbons (Fsp3) is 0.0741. The van der Waals surface area contributed by atoms with Gasteiger partial charge in [0.25, 0.3) is 5.91 Å². The number of carbonyl (C=O) groups excluding carboxylic acids is 1. The second kappa shape index (κ2) is 9.72. The van der Waals surface area contributed by atoms with E-state index in [9.17, 15) is 4.79 Å². The molecule has 5 rings (SSSR count). The highest BCUT2D eigenvalue weighted by molar-refractivity contribution is 7.80.